The molecular formula is C18H21N3O3. The van der Waals surface area contributed by atoms with Crippen LogP contribution in [0.4, 0.5) is 5.82 Å². The van der Waals surface area contributed by atoms with Gasteiger partial charge in [-0.05, 0) is 25.1 Å². The predicted octanol–water partition coefficient (Wildman–Crippen LogP) is 1.99. The topological polar surface area (TPSA) is 63.7 Å². The predicted molar refractivity (Wildman–Crippen MR) is 91.4 cm³/mol. The molecule has 0 fully saturated rings. The van der Waals surface area contributed by atoms with Crippen LogP contribution in [-0.2, 0) is 11.3 Å². The van der Waals surface area contributed by atoms with Crippen molar-refractivity contribution in [2.75, 3.05) is 19.0 Å². The van der Waals surface area contributed by atoms with Gasteiger partial charge in [0, 0.05) is 32.4 Å². The number of hydrogen-bond donors (Lipinski definition) is 1. The Bertz CT molecular complexity index is 733. The first-order valence-corrected chi connectivity index (χ1v) is 7.87. The minimum Gasteiger partial charge on any atom is -0.482 e. The van der Waals surface area contributed by atoms with Crippen molar-refractivity contribution in [2.45, 2.75) is 25.7 Å². The highest BCUT2D eigenvalue weighted by atomic mass is 16.6. The largest absolute Gasteiger partial charge is 0.482 e. The van der Waals surface area contributed by atoms with Crippen LogP contribution < -0.4 is 19.7 Å². The van der Waals surface area contributed by atoms with Crippen LogP contribution in [-0.4, -0.2) is 37.2 Å². The highest BCUT2D eigenvalue weighted by molar-refractivity contribution is 5.82. The maximum atomic E-state index is 12.5. The number of nitrogens with one attached hydrogen (secondary N) is 1. The second-order valence-corrected chi connectivity index (χ2v) is 5.91. The fraction of sp³-hybridized carbons (Fsp3) is 0.333. The number of rotatable bonds is 4. The lowest BCUT2D eigenvalue weighted by atomic mass is 10.1. The first-order valence-electron chi connectivity index (χ1n) is 7.87. The third kappa shape index (κ3) is 3.27. The van der Waals surface area contributed by atoms with E-state index in [1.165, 1.54) is 0 Å². The lowest BCUT2D eigenvalue weighted by Gasteiger charge is -2.31. The van der Waals surface area contributed by atoms with E-state index in [4.69, 9.17) is 9.47 Å². The molecule has 1 aliphatic rings. The number of carbonyl (C=O) groups is 1. The number of anilines is 1. The standard InChI is InChI=1S/C18H21N3O3/c1-12-16(24-15-9-5-4-8-14(15)23-12)18(22)20-11-13-7-6-10-19-17(13)21(2)3/h4-10,12,16H,11H2,1-3H3,(H,20,22)/t12-,16-/m0/s1. The van der Waals surface area contributed by atoms with Gasteiger partial charge in [-0.25, -0.2) is 4.98 Å². The van der Waals surface area contributed by atoms with Crippen molar-refractivity contribution in [3.05, 3.63) is 48.2 Å². The second kappa shape index (κ2) is 6.78. The number of ether oxygens (including phenoxy) is 2. The molecule has 24 heavy (non-hydrogen) atoms. The van der Waals surface area contributed by atoms with Crippen molar-refractivity contribution < 1.29 is 14.3 Å². The Balaban J connectivity index is 1.68. The first-order chi connectivity index (χ1) is 11.6. The second-order valence-electron chi connectivity index (χ2n) is 5.91. The zero-order valence-corrected chi connectivity index (χ0v) is 14.0. The van der Waals surface area contributed by atoms with Gasteiger partial charge in [-0.1, -0.05) is 18.2 Å². The minimum absolute atomic E-state index is 0.203. The van der Waals surface area contributed by atoms with Crippen molar-refractivity contribution in [3.63, 3.8) is 0 Å². The molecule has 2 heterocycles. The van der Waals surface area contributed by atoms with Crippen LogP contribution in [0.25, 0.3) is 0 Å². The Labute approximate surface area is 141 Å². The number of pyridine rings is 1. The highest BCUT2D eigenvalue weighted by Crippen LogP contribution is 2.33. The molecule has 1 aromatic heterocycles. The Morgan fingerprint density at radius 2 is 1.88 bits per heavy atom. The van der Waals surface area contributed by atoms with Gasteiger partial charge in [0.2, 0.25) is 6.10 Å². The van der Waals surface area contributed by atoms with Crippen molar-refractivity contribution in [2.24, 2.45) is 0 Å². The van der Waals surface area contributed by atoms with Gasteiger partial charge in [0.15, 0.2) is 11.5 Å². The summed E-state index contributed by atoms with van der Waals surface area (Å²) in [7, 11) is 3.84. The molecule has 0 radical (unpaired) electrons. The third-order valence-electron chi connectivity index (χ3n) is 3.84. The Hall–Kier alpha value is -2.76. The molecular weight excluding hydrogens is 306 g/mol. The summed E-state index contributed by atoms with van der Waals surface area (Å²) in [6, 6.07) is 11.2. The zero-order valence-electron chi connectivity index (χ0n) is 14.0. The fourth-order valence-corrected chi connectivity index (χ4v) is 2.66. The molecule has 6 nitrogen and oxygen atoms in total. The zero-order chi connectivity index (χ0) is 17.1. The molecule has 2 atom stereocenters. The summed E-state index contributed by atoms with van der Waals surface area (Å²) in [5.41, 5.74) is 0.945. The smallest absolute Gasteiger partial charge is 0.265 e. The summed E-state index contributed by atoms with van der Waals surface area (Å²) in [5.74, 6) is 1.88. The number of para-hydroxylation sites is 2. The number of carbonyl (C=O) groups excluding carboxylic acids is 1. The lowest BCUT2D eigenvalue weighted by molar-refractivity contribution is -0.133. The monoisotopic (exact) mass is 327 g/mol. The van der Waals surface area contributed by atoms with Gasteiger partial charge < -0.3 is 19.7 Å². The molecule has 0 unspecified atom stereocenters. The summed E-state index contributed by atoms with van der Waals surface area (Å²) >= 11 is 0. The number of aromatic nitrogens is 1. The summed E-state index contributed by atoms with van der Waals surface area (Å²) in [5, 5.41) is 2.91. The van der Waals surface area contributed by atoms with Crippen LogP contribution >= 0.6 is 0 Å². The van der Waals surface area contributed by atoms with Crippen molar-refractivity contribution >= 4 is 11.7 Å². The van der Waals surface area contributed by atoms with Crippen molar-refractivity contribution in [3.8, 4) is 11.5 Å². The molecule has 1 aliphatic heterocycles. The molecule has 0 saturated carbocycles. The normalized spacial score (nSPS) is 18.8. The Morgan fingerprint density at radius 3 is 2.58 bits per heavy atom. The average molecular weight is 327 g/mol. The summed E-state index contributed by atoms with van der Waals surface area (Å²) in [4.78, 5) is 18.8. The highest BCUT2D eigenvalue weighted by Gasteiger charge is 2.33. The molecule has 3 rings (SSSR count). The lowest BCUT2D eigenvalue weighted by Crippen LogP contribution is -2.48. The van der Waals surface area contributed by atoms with Gasteiger partial charge >= 0.3 is 0 Å². The number of hydrogen-bond acceptors (Lipinski definition) is 5. The number of fused-ring (bicyclic) bond motifs is 1. The Kier molecular flexibility index (Phi) is 4.55. The number of nitrogens with zero attached hydrogens (tertiary/aromatic N) is 2. The molecule has 0 saturated heterocycles. The van der Waals surface area contributed by atoms with Crippen LogP contribution in [0.2, 0.25) is 0 Å². The average Bonchev–Trinajstić information content (AvgIpc) is 2.59. The maximum absolute atomic E-state index is 12.5. The SMILES string of the molecule is C[C@@H]1Oc2ccccc2O[C@@H]1C(=O)NCc1cccnc1N(C)C. The molecule has 6 heteroatoms. The van der Waals surface area contributed by atoms with E-state index in [-0.39, 0.29) is 12.0 Å². The number of benzene rings is 1. The van der Waals surface area contributed by atoms with E-state index in [9.17, 15) is 4.79 Å². The van der Waals surface area contributed by atoms with E-state index in [1.807, 2.05) is 56.3 Å². The minimum atomic E-state index is -0.681. The van der Waals surface area contributed by atoms with Crippen LogP contribution in [0.15, 0.2) is 42.6 Å². The van der Waals surface area contributed by atoms with E-state index in [0.717, 1.165) is 11.4 Å². The van der Waals surface area contributed by atoms with Crippen LogP contribution in [0.5, 0.6) is 11.5 Å². The molecule has 0 spiro atoms. The summed E-state index contributed by atoms with van der Waals surface area (Å²) in [6.45, 7) is 2.21. The molecule has 0 bridgehead atoms. The molecule has 2 aromatic rings. The van der Waals surface area contributed by atoms with Crippen LogP contribution in [0, 0.1) is 0 Å². The maximum Gasteiger partial charge on any atom is 0.265 e. The van der Waals surface area contributed by atoms with Crippen molar-refractivity contribution in [1.29, 1.82) is 0 Å². The summed E-state index contributed by atoms with van der Waals surface area (Å²) < 4.78 is 11.6. The van der Waals surface area contributed by atoms with Gasteiger partial charge in [-0.3, -0.25) is 4.79 Å². The van der Waals surface area contributed by atoms with Gasteiger partial charge in [-0.2, -0.15) is 0 Å². The molecule has 126 valence electrons. The van der Waals surface area contributed by atoms with E-state index >= 15 is 0 Å². The quantitative estimate of drug-likeness (QED) is 0.930. The van der Waals surface area contributed by atoms with Crippen LogP contribution in [0.1, 0.15) is 12.5 Å². The fourth-order valence-electron chi connectivity index (χ4n) is 2.66. The number of amides is 1. The van der Waals surface area contributed by atoms with Crippen LogP contribution in [0.3, 0.4) is 0 Å². The first kappa shape index (κ1) is 16.1. The van der Waals surface area contributed by atoms with E-state index in [2.05, 4.69) is 10.3 Å². The van der Waals surface area contributed by atoms with Gasteiger partial charge in [-0.15, -0.1) is 0 Å². The molecule has 1 amide bonds. The van der Waals surface area contributed by atoms with Gasteiger partial charge in [0.1, 0.15) is 11.9 Å². The Morgan fingerprint density at radius 1 is 1.17 bits per heavy atom. The van der Waals surface area contributed by atoms with E-state index in [1.54, 1.807) is 12.3 Å². The van der Waals surface area contributed by atoms with E-state index < -0.39 is 6.10 Å². The van der Waals surface area contributed by atoms with E-state index in [0.29, 0.717) is 18.0 Å². The third-order valence-corrected chi connectivity index (χ3v) is 3.84. The molecule has 1 N–H and O–H groups in total. The molecule has 0 aliphatic carbocycles. The summed E-state index contributed by atoms with van der Waals surface area (Å²) in [6.07, 6.45) is 0.694. The van der Waals surface area contributed by atoms with Gasteiger partial charge in [0.05, 0.1) is 0 Å². The molecule has 1 aromatic carbocycles. The van der Waals surface area contributed by atoms with Crippen molar-refractivity contribution in [1.82, 2.24) is 10.3 Å². The van der Waals surface area contributed by atoms with Gasteiger partial charge in [0.25, 0.3) is 5.91 Å².